The van der Waals surface area contributed by atoms with Crippen LogP contribution in [0, 0.1) is 5.92 Å². The third kappa shape index (κ3) is 2.35. The molecule has 6 nitrogen and oxygen atoms in total. The van der Waals surface area contributed by atoms with Gasteiger partial charge in [0, 0.05) is 10.3 Å². The molecular weight excluding hydrogens is 318 g/mol. The van der Waals surface area contributed by atoms with Crippen LogP contribution in [0.4, 0.5) is 0 Å². The standard InChI is InChI=1S/C16H17NO5S/c1-16(2)12(15(21)22)17-13(20)9(14(17)23-16)11(19)10(18)8-6-4-3-5-7-8/h3-7,9,11-12,14,19H,1-2H3,(H,21,22)/t9-,11+,12+,14-/m1/s1. The van der Waals surface area contributed by atoms with Crippen molar-refractivity contribution in [2.75, 3.05) is 0 Å². The molecule has 0 aromatic heterocycles. The lowest BCUT2D eigenvalue weighted by molar-refractivity contribution is -0.167. The second-order valence-electron chi connectivity index (χ2n) is 6.30. The summed E-state index contributed by atoms with van der Waals surface area (Å²) in [6.07, 6.45) is -1.46. The number of β-lactam (4-membered cyclic amide) rings is 1. The predicted molar refractivity (Wildman–Crippen MR) is 84.0 cm³/mol. The van der Waals surface area contributed by atoms with Gasteiger partial charge in [-0.15, -0.1) is 11.8 Å². The van der Waals surface area contributed by atoms with Crippen LogP contribution in [0.2, 0.25) is 0 Å². The highest BCUT2D eigenvalue weighted by Gasteiger charge is 2.65. The smallest absolute Gasteiger partial charge is 0.327 e. The van der Waals surface area contributed by atoms with E-state index in [0.717, 1.165) is 0 Å². The number of hydrogen-bond donors (Lipinski definition) is 2. The van der Waals surface area contributed by atoms with Crippen molar-refractivity contribution in [3.63, 3.8) is 0 Å². The Labute approximate surface area is 137 Å². The molecule has 0 spiro atoms. The van der Waals surface area contributed by atoms with Crippen molar-refractivity contribution in [1.82, 2.24) is 4.90 Å². The molecule has 0 radical (unpaired) electrons. The van der Waals surface area contributed by atoms with E-state index in [2.05, 4.69) is 0 Å². The molecule has 4 atom stereocenters. The fourth-order valence-corrected chi connectivity index (χ4v) is 4.99. The first-order valence-corrected chi connectivity index (χ1v) is 8.14. The number of fused-ring (bicyclic) bond motifs is 1. The number of ketones is 1. The van der Waals surface area contributed by atoms with E-state index in [-0.39, 0.29) is 0 Å². The molecular formula is C16H17NO5S. The maximum absolute atomic E-state index is 12.4. The number of thioether (sulfide) groups is 1. The highest BCUT2D eigenvalue weighted by Crippen LogP contribution is 2.54. The van der Waals surface area contributed by atoms with Crippen LogP contribution in [-0.2, 0) is 9.59 Å². The van der Waals surface area contributed by atoms with Gasteiger partial charge in [-0.1, -0.05) is 30.3 Å². The summed E-state index contributed by atoms with van der Waals surface area (Å²) in [6.45, 7) is 3.51. The lowest BCUT2D eigenvalue weighted by Crippen LogP contribution is -2.66. The molecule has 0 unspecified atom stereocenters. The van der Waals surface area contributed by atoms with E-state index >= 15 is 0 Å². The lowest BCUT2D eigenvalue weighted by Gasteiger charge is -2.45. The molecule has 2 aliphatic heterocycles. The first-order valence-electron chi connectivity index (χ1n) is 7.26. The van der Waals surface area contributed by atoms with E-state index in [1.165, 1.54) is 16.7 Å². The number of hydrogen-bond acceptors (Lipinski definition) is 5. The number of aliphatic hydroxyl groups is 1. The van der Waals surface area contributed by atoms with E-state index in [0.29, 0.717) is 5.56 Å². The molecule has 2 heterocycles. The highest BCUT2D eigenvalue weighted by molar-refractivity contribution is 8.01. The summed E-state index contributed by atoms with van der Waals surface area (Å²) in [5.41, 5.74) is 0.336. The second kappa shape index (κ2) is 5.35. The van der Waals surface area contributed by atoms with E-state index < -0.39 is 45.8 Å². The third-order valence-corrected chi connectivity index (χ3v) is 5.98. The minimum Gasteiger partial charge on any atom is -0.480 e. The number of amides is 1. The Kier molecular flexibility index (Phi) is 3.72. The number of aliphatic carboxylic acids is 1. The van der Waals surface area contributed by atoms with Gasteiger partial charge in [0.25, 0.3) is 0 Å². The number of benzene rings is 1. The summed E-state index contributed by atoms with van der Waals surface area (Å²) < 4.78 is -0.670. The van der Waals surface area contributed by atoms with Gasteiger partial charge in [-0.3, -0.25) is 9.59 Å². The highest BCUT2D eigenvalue weighted by atomic mass is 32.2. The summed E-state index contributed by atoms with van der Waals surface area (Å²) >= 11 is 1.32. The van der Waals surface area contributed by atoms with Crippen molar-refractivity contribution in [2.45, 2.75) is 36.1 Å². The molecule has 23 heavy (non-hydrogen) atoms. The molecule has 0 saturated carbocycles. The minimum absolute atomic E-state index is 0.336. The van der Waals surface area contributed by atoms with Gasteiger partial charge in [0.05, 0.1) is 5.37 Å². The number of Topliss-reactive ketones (excluding diaryl/α,β-unsaturated/α-hetero) is 1. The Bertz CT molecular complexity index is 674. The Morgan fingerprint density at radius 1 is 1.26 bits per heavy atom. The number of carbonyl (C=O) groups excluding carboxylic acids is 2. The van der Waals surface area contributed by atoms with Crippen molar-refractivity contribution < 1.29 is 24.6 Å². The lowest BCUT2D eigenvalue weighted by atomic mass is 9.85. The third-order valence-electron chi connectivity index (χ3n) is 4.38. The average molecular weight is 335 g/mol. The van der Waals surface area contributed by atoms with Crippen molar-refractivity contribution in [1.29, 1.82) is 0 Å². The van der Waals surface area contributed by atoms with Gasteiger partial charge in [-0.05, 0) is 13.8 Å². The maximum atomic E-state index is 12.4. The SMILES string of the molecule is CC1(C)S[C@@H]2[C@H]([C@H](O)C(=O)c3ccccc3)C(=O)N2[C@H]1C(=O)O. The number of aliphatic hydroxyl groups excluding tert-OH is 1. The monoisotopic (exact) mass is 335 g/mol. The van der Waals surface area contributed by atoms with Crippen LogP contribution < -0.4 is 0 Å². The van der Waals surface area contributed by atoms with Crippen LogP contribution in [0.25, 0.3) is 0 Å². The van der Waals surface area contributed by atoms with Gasteiger partial charge < -0.3 is 15.1 Å². The van der Waals surface area contributed by atoms with Crippen LogP contribution in [0.5, 0.6) is 0 Å². The zero-order chi connectivity index (χ0) is 16.9. The summed E-state index contributed by atoms with van der Waals surface area (Å²) in [7, 11) is 0. The Balaban J connectivity index is 1.83. The summed E-state index contributed by atoms with van der Waals surface area (Å²) in [4.78, 5) is 37.4. The molecule has 3 rings (SSSR count). The second-order valence-corrected chi connectivity index (χ2v) is 8.07. The van der Waals surface area contributed by atoms with Crippen molar-refractivity contribution in [3.05, 3.63) is 35.9 Å². The zero-order valence-corrected chi connectivity index (χ0v) is 13.5. The van der Waals surface area contributed by atoms with Gasteiger partial charge >= 0.3 is 5.97 Å². The average Bonchev–Trinajstić information content (AvgIpc) is 2.75. The van der Waals surface area contributed by atoms with E-state index in [9.17, 15) is 24.6 Å². The molecule has 1 aromatic rings. The molecule has 0 bridgehead atoms. The van der Waals surface area contributed by atoms with Crippen LogP contribution in [0.15, 0.2) is 30.3 Å². The number of carboxylic acids is 1. The van der Waals surface area contributed by atoms with Crippen LogP contribution in [0.3, 0.4) is 0 Å². The minimum atomic E-state index is -1.46. The van der Waals surface area contributed by atoms with Gasteiger partial charge in [-0.2, -0.15) is 0 Å². The number of nitrogens with zero attached hydrogens (tertiary/aromatic N) is 1. The molecule has 122 valence electrons. The molecule has 2 fully saturated rings. The molecule has 1 amide bonds. The van der Waals surface area contributed by atoms with Crippen LogP contribution in [-0.4, -0.2) is 55.0 Å². The largest absolute Gasteiger partial charge is 0.480 e. The fourth-order valence-electron chi connectivity index (χ4n) is 3.27. The van der Waals surface area contributed by atoms with Crippen LogP contribution in [0.1, 0.15) is 24.2 Å². The molecule has 2 saturated heterocycles. The summed E-state index contributed by atoms with van der Waals surface area (Å²) in [6, 6.07) is 7.34. The molecule has 2 N–H and O–H groups in total. The number of rotatable bonds is 4. The quantitative estimate of drug-likeness (QED) is 0.629. The Morgan fingerprint density at radius 2 is 1.87 bits per heavy atom. The van der Waals surface area contributed by atoms with E-state index in [4.69, 9.17) is 0 Å². The van der Waals surface area contributed by atoms with Gasteiger partial charge in [0.2, 0.25) is 5.91 Å². The Hall–Kier alpha value is -1.86. The summed E-state index contributed by atoms with van der Waals surface area (Å²) in [5.74, 6) is -2.95. The molecule has 7 heteroatoms. The van der Waals surface area contributed by atoms with Crippen molar-refractivity contribution in [2.24, 2.45) is 5.92 Å². The number of carboxylic acid groups (broad SMARTS) is 1. The van der Waals surface area contributed by atoms with Crippen molar-refractivity contribution >= 4 is 29.4 Å². The Morgan fingerprint density at radius 3 is 2.43 bits per heavy atom. The van der Waals surface area contributed by atoms with Crippen molar-refractivity contribution in [3.8, 4) is 0 Å². The van der Waals surface area contributed by atoms with Crippen LogP contribution >= 0.6 is 11.8 Å². The topological polar surface area (TPSA) is 94.9 Å². The van der Waals surface area contributed by atoms with E-state index in [1.807, 2.05) is 0 Å². The van der Waals surface area contributed by atoms with Gasteiger partial charge in [0.1, 0.15) is 18.1 Å². The fraction of sp³-hybridized carbons (Fsp3) is 0.438. The maximum Gasteiger partial charge on any atom is 0.327 e. The first-order chi connectivity index (χ1) is 10.8. The van der Waals surface area contributed by atoms with Gasteiger partial charge in [0.15, 0.2) is 5.78 Å². The number of carbonyl (C=O) groups is 3. The first kappa shape index (κ1) is 16.0. The summed E-state index contributed by atoms with van der Waals surface area (Å²) in [5, 5.41) is 19.2. The normalized spacial score (nSPS) is 29.6. The van der Waals surface area contributed by atoms with E-state index in [1.54, 1.807) is 44.2 Å². The molecule has 2 aliphatic rings. The van der Waals surface area contributed by atoms with Gasteiger partial charge in [-0.25, -0.2) is 4.79 Å². The molecule has 0 aliphatic carbocycles. The molecule has 1 aromatic carbocycles. The zero-order valence-electron chi connectivity index (χ0n) is 12.7. The predicted octanol–water partition coefficient (Wildman–Crippen LogP) is 0.993.